The molecular formula is C19H24F3IN4O3. The Morgan fingerprint density at radius 2 is 1.77 bits per heavy atom. The van der Waals surface area contributed by atoms with Crippen LogP contribution in [-0.2, 0) is 13.1 Å². The first-order valence-electron chi connectivity index (χ1n) is 8.65. The third-order valence-electron chi connectivity index (χ3n) is 3.80. The molecule has 0 unspecified atom stereocenters. The fourth-order valence-electron chi connectivity index (χ4n) is 2.41. The standard InChI is InChI=1S/C19H23F3N4O3.HI/c1-23-18(25-10-13-6-7-15(27-2)16(9-13)28-3)26-11-14-5-4-8-24-17(14)29-12-19(20,21)22;/h4-9H,10-12H2,1-3H3,(H2,23,25,26);1H. The van der Waals surface area contributed by atoms with Gasteiger partial charge in [-0.25, -0.2) is 4.98 Å². The molecule has 0 saturated carbocycles. The lowest BCUT2D eigenvalue weighted by Crippen LogP contribution is -2.36. The molecule has 0 bridgehead atoms. The van der Waals surface area contributed by atoms with Crippen molar-refractivity contribution in [2.75, 3.05) is 27.9 Å². The number of ether oxygens (including phenoxy) is 3. The monoisotopic (exact) mass is 540 g/mol. The van der Waals surface area contributed by atoms with Crippen molar-refractivity contribution in [1.29, 1.82) is 0 Å². The number of hydrogen-bond acceptors (Lipinski definition) is 5. The van der Waals surface area contributed by atoms with Crippen molar-refractivity contribution in [1.82, 2.24) is 15.6 Å². The van der Waals surface area contributed by atoms with E-state index in [0.29, 0.717) is 29.6 Å². The highest BCUT2D eigenvalue weighted by Crippen LogP contribution is 2.27. The molecule has 0 saturated heterocycles. The molecule has 2 rings (SSSR count). The van der Waals surface area contributed by atoms with Gasteiger partial charge >= 0.3 is 6.18 Å². The average molecular weight is 540 g/mol. The minimum atomic E-state index is -4.43. The highest BCUT2D eigenvalue weighted by atomic mass is 127. The molecule has 0 aliphatic heterocycles. The zero-order valence-electron chi connectivity index (χ0n) is 16.7. The van der Waals surface area contributed by atoms with Crippen molar-refractivity contribution in [3.63, 3.8) is 0 Å². The number of halogens is 4. The van der Waals surface area contributed by atoms with Gasteiger partial charge in [0.2, 0.25) is 5.88 Å². The number of aromatic nitrogens is 1. The van der Waals surface area contributed by atoms with E-state index in [0.717, 1.165) is 5.56 Å². The van der Waals surface area contributed by atoms with Crippen molar-refractivity contribution < 1.29 is 27.4 Å². The summed E-state index contributed by atoms with van der Waals surface area (Å²) >= 11 is 0. The van der Waals surface area contributed by atoms with Crippen LogP contribution < -0.4 is 24.8 Å². The molecule has 2 aromatic rings. The maximum atomic E-state index is 12.4. The van der Waals surface area contributed by atoms with Crippen molar-refractivity contribution >= 4 is 29.9 Å². The molecule has 1 aromatic carbocycles. The molecule has 0 aliphatic carbocycles. The van der Waals surface area contributed by atoms with Crippen molar-refractivity contribution in [2.45, 2.75) is 19.3 Å². The Hall–Kier alpha value is -2.44. The molecule has 30 heavy (non-hydrogen) atoms. The van der Waals surface area contributed by atoms with E-state index in [2.05, 4.69) is 20.6 Å². The van der Waals surface area contributed by atoms with Crippen LogP contribution in [0.5, 0.6) is 17.4 Å². The number of nitrogens with one attached hydrogen (secondary N) is 2. The second-order valence-electron chi connectivity index (χ2n) is 5.84. The van der Waals surface area contributed by atoms with Crippen LogP contribution in [-0.4, -0.2) is 45.0 Å². The third-order valence-corrected chi connectivity index (χ3v) is 3.80. The molecule has 2 N–H and O–H groups in total. The molecule has 11 heteroatoms. The number of nitrogens with zero attached hydrogens (tertiary/aromatic N) is 2. The first-order valence-corrected chi connectivity index (χ1v) is 8.65. The van der Waals surface area contributed by atoms with Crippen LogP contribution in [0.2, 0.25) is 0 Å². The molecule has 1 aromatic heterocycles. The quantitative estimate of drug-likeness (QED) is 0.303. The zero-order valence-corrected chi connectivity index (χ0v) is 19.1. The van der Waals surface area contributed by atoms with Gasteiger partial charge in [-0.3, -0.25) is 4.99 Å². The molecular weight excluding hydrogens is 516 g/mol. The van der Waals surface area contributed by atoms with Crippen molar-refractivity contribution in [2.24, 2.45) is 4.99 Å². The normalized spacial score (nSPS) is 11.3. The van der Waals surface area contributed by atoms with Gasteiger partial charge in [0.1, 0.15) is 0 Å². The Balaban J connectivity index is 0.00000450. The van der Waals surface area contributed by atoms with Crippen molar-refractivity contribution in [3.05, 3.63) is 47.7 Å². The predicted octanol–water partition coefficient (Wildman–Crippen LogP) is 3.52. The van der Waals surface area contributed by atoms with E-state index in [-0.39, 0.29) is 36.4 Å². The van der Waals surface area contributed by atoms with Crippen LogP contribution in [0.1, 0.15) is 11.1 Å². The first-order chi connectivity index (χ1) is 13.9. The van der Waals surface area contributed by atoms with Gasteiger partial charge < -0.3 is 24.8 Å². The summed E-state index contributed by atoms with van der Waals surface area (Å²) < 4.78 is 52.4. The molecule has 166 valence electrons. The van der Waals surface area contributed by atoms with Crippen LogP contribution in [0, 0.1) is 0 Å². The van der Waals surface area contributed by atoms with E-state index in [1.165, 1.54) is 6.20 Å². The van der Waals surface area contributed by atoms with Gasteiger partial charge in [-0.15, -0.1) is 24.0 Å². The number of aliphatic imine (C=N–C) groups is 1. The Bertz CT molecular complexity index is 835. The van der Waals surface area contributed by atoms with Gasteiger partial charge in [0, 0.05) is 31.9 Å². The molecule has 0 aliphatic rings. The lowest BCUT2D eigenvalue weighted by Gasteiger charge is -2.15. The van der Waals surface area contributed by atoms with Gasteiger partial charge in [-0.05, 0) is 23.8 Å². The Kier molecular flexibility index (Phi) is 10.5. The van der Waals surface area contributed by atoms with E-state index >= 15 is 0 Å². The van der Waals surface area contributed by atoms with E-state index in [4.69, 9.17) is 14.2 Å². The molecule has 7 nitrogen and oxygen atoms in total. The van der Waals surface area contributed by atoms with Crippen LogP contribution in [0.4, 0.5) is 13.2 Å². The van der Waals surface area contributed by atoms with Crippen LogP contribution in [0.3, 0.4) is 0 Å². The summed E-state index contributed by atoms with van der Waals surface area (Å²) in [4.78, 5) is 7.97. The Morgan fingerprint density at radius 3 is 2.40 bits per heavy atom. The number of alkyl halides is 3. The predicted molar refractivity (Wildman–Crippen MR) is 118 cm³/mol. The zero-order chi connectivity index (χ0) is 21.3. The fraction of sp³-hybridized carbons (Fsp3) is 0.368. The SMILES string of the molecule is CN=C(NCc1ccc(OC)c(OC)c1)NCc1cccnc1OCC(F)(F)F.I. The second kappa shape index (κ2) is 12.3. The molecule has 0 radical (unpaired) electrons. The van der Waals surface area contributed by atoms with E-state index in [9.17, 15) is 13.2 Å². The van der Waals surface area contributed by atoms with Gasteiger partial charge in [-0.1, -0.05) is 12.1 Å². The first kappa shape index (κ1) is 25.6. The number of guanidine groups is 1. The molecule has 0 fully saturated rings. The lowest BCUT2D eigenvalue weighted by atomic mass is 10.2. The van der Waals surface area contributed by atoms with Gasteiger partial charge in [-0.2, -0.15) is 13.2 Å². The second-order valence-corrected chi connectivity index (χ2v) is 5.84. The smallest absolute Gasteiger partial charge is 0.422 e. The average Bonchev–Trinajstić information content (AvgIpc) is 2.72. The summed E-state index contributed by atoms with van der Waals surface area (Å²) in [7, 11) is 4.71. The number of pyridine rings is 1. The molecule has 1 heterocycles. The van der Waals surface area contributed by atoms with Crippen molar-refractivity contribution in [3.8, 4) is 17.4 Å². The summed E-state index contributed by atoms with van der Waals surface area (Å²) in [5.41, 5.74) is 1.41. The largest absolute Gasteiger partial charge is 0.493 e. The summed E-state index contributed by atoms with van der Waals surface area (Å²) in [5, 5.41) is 6.15. The molecule has 0 spiro atoms. The molecule has 0 atom stereocenters. The Labute approximate surface area is 190 Å². The van der Waals surface area contributed by atoms with E-state index in [1.807, 2.05) is 12.1 Å². The summed E-state index contributed by atoms with van der Waals surface area (Å²) in [6.07, 6.45) is -3.06. The lowest BCUT2D eigenvalue weighted by molar-refractivity contribution is -0.154. The number of methoxy groups -OCH3 is 2. The van der Waals surface area contributed by atoms with Gasteiger partial charge in [0.25, 0.3) is 0 Å². The van der Waals surface area contributed by atoms with Crippen LogP contribution >= 0.6 is 24.0 Å². The minimum Gasteiger partial charge on any atom is -0.493 e. The maximum absolute atomic E-state index is 12.4. The Morgan fingerprint density at radius 1 is 1.07 bits per heavy atom. The minimum absolute atomic E-state index is 0. The van der Waals surface area contributed by atoms with E-state index < -0.39 is 12.8 Å². The third kappa shape index (κ3) is 8.13. The van der Waals surface area contributed by atoms with Gasteiger partial charge in [0.05, 0.1) is 14.2 Å². The number of benzene rings is 1. The molecule has 0 amide bonds. The van der Waals surface area contributed by atoms with Crippen LogP contribution in [0.25, 0.3) is 0 Å². The maximum Gasteiger partial charge on any atom is 0.422 e. The van der Waals surface area contributed by atoms with Crippen LogP contribution in [0.15, 0.2) is 41.5 Å². The highest BCUT2D eigenvalue weighted by Gasteiger charge is 2.29. The highest BCUT2D eigenvalue weighted by molar-refractivity contribution is 14.0. The fourth-order valence-corrected chi connectivity index (χ4v) is 2.41. The summed E-state index contributed by atoms with van der Waals surface area (Å²) in [6.45, 7) is -0.763. The summed E-state index contributed by atoms with van der Waals surface area (Å²) in [5.74, 6) is 1.62. The van der Waals surface area contributed by atoms with Gasteiger partial charge in [0.15, 0.2) is 24.1 Å². The van der Waals surface area contributed by atoms with E-state index in [1.54, 1.807) is 39.5 Å². The number of rotatable bonds is 8. The topological polar surface area (TPSA) is 77.0 Å². The number of hydrogen-bond donors (Lipinski definition) is 2. The summed E-state index contributed by atoms with van der Waals surface area (Å²) in [6, 6.07) is 8.77.